The lowest BCUT2D eigenvalue weighted by molar-refractivity contribution is 1.07. The van der Waals surface area contributed by atoms with Gasteiger partial charge in [0.25, 0.3) is 0 Å². The predicted molar refractivity (Wildman–Crippen MR) is 297 cm³/mol. The van der Waals surface area contributed by atoms with Crippen molar-refractivity contribution in [2.75, 3.05) is 0 Å². The summed E-state index contributed by atoms with van der Waals surface area (Å²) in [6.07, 6.45) is 0. The molecule has 0 aliphatic carbocycles. The highest BCUT2D eigenvalue weighted by atomic mass is 32.3. The topological polar surface area (TPSA) is 77.3 Å². The van der Waals surface area contributed by atoms with Crippen molar-refractivity contribution in [1.29, 1.82) is 0 Å². The van der Waals surface area contributed by atoms with Gasteiger partial charge in [-0.05, 0) is 70.8 Å². The molecule has 0 atom stereocenters. The monoisotopic (exact) mass is 954 g/mol. The molecule has 0 saturated carbocycles. The standard InChI is InChI=1S/C66H46N6S/c1-7-25-47(26-8-1)57-41-19-21-43-59(57)65-69-61(49-29-11-3-12-30-49)67-63(71-65)51-33-23-39-55(45-51)73(53-35-15-5-16-36-53,54-37-17-6-18-38-54)56-40-24-34-52(46-56)64-68-62(50-31-13-4-14-32-50)70-66(72-64)60-44-22-20-42-58(60)48-27-9-2-10-28-48/h1-46H. The van der Waals surface area contributed by atoms with Crippen molar-refractivity contribution in [1.82, 2.24) is 29.9 Å². The first-order chi connectivity index (χ1) is 36.2. The van der Waals surface area contributed by atoms with Crippen LogP contribution in [0.1, 0.15) is 0 Å². The molecule has 2 heterocycles. The molecule has 0 bridgehead atoms. The van der Waals surface area contributed by atoms with Crippen LogP contribution in [0.3, 0.4) is 0 Å². The third-order valence-electron chi connectivity index (χ3n) is 12.9. The van der Waals surface area contributed by atoms with Crippen molar-refractivity contribution in [3.8, 4) is 90.6 Å². The van der Waals surface area contributed by atoms with E-state index in [1.165, 1.54) is 9.79 Å². The van der Waals surface area contributed by atoms with Gasteiger partial charge in [-0.15, -0.1) is 10.0 Å². The normalized spacial score (nSPS) is 11.5. The van der Waals surface area contributed by atoms with E-state index in [-0.39, 0.29) is 0 Å². The number of rotatable bonds is 12. The van der Waals surface area contributed by atoms with Crippen LogP contribution < -0.4 is 0 Å². The van der Waals surface area contributed by atoms with Crippen molar-refractivity contribution < 1.29 is 0 Å². The highest BCUT2D eigenvalue weighted by Gasteiger charge is 2.34. The Morgan fingerprint density at radius 2 is 0.425 bits per heavy atom. The zero-order valence-electron chi connectivity index (χ0n) is 39.6. The predicted octanol–water partition coefficient (Wildman–Crippen LogP) is 16.7. The summed E-state index contributed by atoms with van der Waals surface area (Å²) in [4.78, 5) is 36.1. The summed E-state index contributed by atoms with van der Waals surface area (Å²) in [5.41, 5.74) is 9.70. The van der Waals surface area contributed by atoms with Crippen molar-refractivity contribution in [2.45, 2.75) is 19.6 Å². The smallest absolute Gasteiger partial charge is 0.164 e. The molecule has 73 heavy (non-hydrogen) atoms. The molecule has 12 rings (SSSR count). The molecule has 0 fully saturated rings. The van der Waals surface area contributed by atoms with Crippen molar-refractivity contribution in [3.05, 3.63) is 279 Å². The summed E-state index contributed by atoms with van der Waals surface area (Å²) in [5, 5.41) is 0. The van der Waals surface area contributed by atoms with Crippen LogP contribution in [-0.4, -0.2) is 29.9 Å². The van der Waals surface area contributed by atoms with Gasteiger partial charge in [-0.25, -0.2) is 29.9 Å². The van der Waals surface area contributed by atoms with Crippen molar-refractivity contribution >= 4 is 10.0 Å². The first-order valence-electron chi connectivity index (χ1n) is 24.3. The van der Waals surface area contributed by atoms with Gasteiger partial charge in [0.05, 0.1) is 0 Å². The zero-order valence-corrected chi connectivity index (χ0v) is 40.5. The van der Waals surface area contributed by atoms with E-state index in [1.54, 1.807) is 0 Å². The van der Waals surface area contributed by atoms with E-state index in [2.05, 4.69) is 218 Å². The Morgan fingerprint density at radius 3 is 0.781 bits per heavy atom. The number of hydrogen-bond donors (Lipinski definition) is 0. The summed E-state index contributed by atoms with van der Waals surface area (Å²) in [5.74, 6) is 3.57. The molecule has 0 radical (unpaired) electrons. The third kappa shape index (κ3) is 8.90. The second-order valence-electron chi connectivity index (χ2n) is 17.5. The molecule has 0 unspecified atom stereocenters. The minimum absolute atomic E-state index is 0.582. The van der Waals surface area contributed by atoms with E-state index in [1.807, 2.05) is 60.7 Å². The van der Waals surface area contributed by atoms with E-state index in [9.17, 15) is 0 Å². The molecule has 10 aromatic carbocycles. The molecule has 0 aliphatic heterocycles. The van der Waals surface area contributed by atoms with E-state index in [0.717, 1.165) is 65.4 Å². The van der Waals surface area contributed by atoms with E-state index in [4.69, 9.17) is 29.9 Å². The van der Waals surface area contributed by atoms with E-state index < -0.39 is 10.0 Å². The average Bonchev–Trinajstić information content (AvgIpc) is 3.49. The number of benzene rings is 10. The summed E-state index contributed by atoms with van der Waals surface area (Å²) in [6.45, 7) is 0. The lowest BCUT2D eigenvalue weighted by Crippen LogP contribution is -2.07. The van der Waals surface area contributed by atoms with E-state index in [0.29, 0.717) is 34.9 Å². The van der Waals surface area contributed by atoms with Crippen molar-refractivity contribution in [2.24, 2.45) is 0 Å². The van der Waals surface area contributed by atoms with Crippen LogP contribution in [-0.2, 0) is 0 Å². The SMILES string of the molecule is c1ccc(-c2nc(-c3cccc(S(c4ccccc4)(c4ccccc4)c4cccc(-c5nc(-c6ccccc6)nc(-c6ccccc6-c6ccccc6)n5)c4)c3)nc(-c3ccccc3-c3ccccc3)n2)cc1. The van der Waals surface area contributed by atoms with Crippen LogP contribution in [0.2, 0.25) is 0 Å². The van der Waals surface area contributed by atoms with Crippen LogP contribution in [0.4, 0.5) is 0 Å². The second-order valence-corrected chi connectivity index (χ2v) is 20.6. The maximum Gasteiger partial charge on any atom is 0.164 e. The fraction of sp³-hybridized carbons (Fsp3) is 0. The first-order valence-corrected chi connectivity index (χ1v) is 25.9. The van der Waals surface area contributed by atoms with Gasteiger partial charge in [-0.3, -0.25) is 0 Å². The molecule has 0 N–H and O–H groups in total. The zero-order chi connectivity index (χ0) is 48.8. The highest BCUT2D eigenvalue weighted by Crippen LogP contribution is 2.73. The Bertz CT molecular complexity index is 3590. The Morgan fingerprint density at radius 1 is 0.178 bits per heavy atom. The molecular formula is C66H46N6S. The number of hydrogen-bond acceptors (Lipinski definition) is 6. The summed E-state index contributed by atoms with van der Waals surface area (Å²) < 4.78 is 0. The fourth-order valence-corrected chi connectivity index (χ4v) is 13.4. The Hall–Kier alpha value is -9.43. The van der Waals surface area contributed by atoms with Crippen LogP contribution >= 0.6 is 10.0 Å². The molecule has 0 spiro atoms. The number of nitrogens with zero attached hydrogens (tertiary/aromatic N) is 6. The summed E-state index contributed by atoms with van der Waals surface area (Å²) in [6, 6.07) is 97.1. The van der Waals surface area contributed by atoms with Crippen LogP contribution in [0.5, 0.6) is 0 Å². The molecule has 7 heteroatoms. The molecule has 12 aromatic rings. The van der Waals surface area contributed by atoms with Crippen LogP contribution in [0, 0.1) is 0 Å². The maximum absolute atomic E-state index is 5.34. The molecule has 6 nitrogen and oxygen atoms in total. The summed E-state index contributed by atoms with van der Waals surface area (Å²) >= 11 is 0. The lowest BCUT2D eigenvalue weighted by Gasteiger charge is -2.42. The highest BCUT2D eigenvalue weighted by molar-refractivity contribution is 8.34. The largest absolute Gasteiger partial charge is 0.208 e. The molecular weight excluding hydrogens is 909 g/mol. The Kier molecular flexibility index (Phi) is 12.3. The molecule has 346 valence electrons. The lowest BCUT2D eigenvalue weighted by atomic mass is 9.99. The maximum atomic E-state index is 5.34. The molecule has 2 aromatic heterocycles. The second kappa shape index (κ2) is 20.1. The van der Waals surface area contributed by atoms with E-state index >= 15 is 0 Å². The third-order valence-corrected chi connectivity index (χ3v) is 16.8. The Labute approximate surface area is 426 Å². The first kappa shape index (κ1) is 44.8. The van der Waals surface area contributed by atoms with Gasteiger partial charge >= 0.3 is 0 Å². The Balaban J connectivity index is 1.07. The van der Waals surface area contributed by atoms with Gasteiger partial charge < -0.3 is 0 Å². The minimum Gasteiger partial charge on any atom is -0.208 e. The van der Waals surface area contributed by atoms with Gasteiger partial charge in [0.1, 0.15) is 0 Å². The van der Waals surface area contributed by atoms with Crippen LogP contribution in [0.15, 0.2) is 299 Å². The molecule has 0 aliphatic rings. The number of aromatic nitrogens is 6. The van der Waals surface area contributed by atoms with Crippen molar-refractivity contribution in [3.63, 3.8) is 0 Å². The quantitative estimate of drug-likeness (QED) is 0.121. The van der Waals surface area contributed by atoms with Crippen LogP contribution in [0.25, 0.3) is 90.6 Å². The van der Waals surface area contributed by atoms with Gasteiger partial charge in [-0.2, -0.15) is 0 Å². The molecule has 0 amide bonds. The van der Waals surface area contributed by atoms with Gasteiger partial charge in [-0.1, -0.05) is 231 Å². The summed E-state index contributed by atoms with van der Waals surface area (Å²) in [7, 11) is -2.25. The van der Waals surface area contributed by atoms with Gasteiger partial charge in [0, 0.05) is 53.0 Å². The van der Waals surface area contributed by atoms with Gasteiger partial charge in [0.2, 0.25) is 0 Å². The fourth-order valence-electron chi connectivity index (χ4n) is 9.50. The molecule has 0 saturated heterocycles. The van der Waals surface area contributed by atoms with Gasteiger partial charge in [0.15, 0.2) is 34.9 Å². The minimum atomic E-state index is -2.25. The average molecular weight is 955 g/mol.